The summed E-state index contributed by atoms with van der Waals surface area (Å²) in [4.78, 5) is 35.6. The molecule has 7 nitrogen and oxygen atoms in total. The maximum absolute atomic E-state index is 13.9. The van der Waals surface area contributed by atoms with E-state index < -0.39 is 23.7 Å². The molecule has 2 aromatic heterocycles. The number of nitrogens with zero attached hydrogens (tertiary/aromatic N) is 3. The van der Waals surface area contributed by atoms with Crippen molar-refractivity contribution >= 4 is 28.3 Å². The van der Waals surface area contributed by atoms with E-state index in [2.05, 4.69) is 9.97 Å². The number of halogens is 2. The van der Waals surface area contributed by atoms with E-state index >= 15 is 0 Å². The van der Waals surface area contributed by atoms with Gasteiger partial charge in [0.1, 0.15) is 11.6 Å². The third-order valence-corrected chi connectivity index (χ3v) is 6.52. The van der Waals surface area contributed by atoms with E-state index in [0.29, 0.717) is 5.13 Å². The molecule has 1 aliphatic rings. The molecule has 1 atom stereocenters. The van der Waals surface area contributed by atoms with Crippen molar-refractivity contribution in [2.24, 2.45) is 0 Å². The number of oxazole rings is 1. The second-order valence-electron chi connectivity index (χ2n) is 8.19. The standard InChI is InChI=1S/C24H25F2N3O4S/c1-15(23(31)29(24-27-11-12-34-24)17-5-3-2-4-6-17)32-22(30)10-9-21-28-14-20(33-21)18-8-7-16(25)13-19(18)26/h7-8,11-15,17H,2-6,9-10H2,1H3. The number of aromatic nitrogens is 2. The van der Waals surface area contributed by atoms with Crippen LogP contribution in [0.15, 0.2) is 40.4 Å². The SMILES string of the molecule is CC(OC(=O)CCc1ncc(-c2ccc(F)cc2F)o1)C(=O)N(c1nccs1)C1CCCCC1. The number of thiazole rings is 1. The fourth-order valence-corrected chi connectivity index (χ4v) is 4.77. The lowest BCUT2D eigenvalue weighted by molar-refractivity contribution is -0.154. The molecule has 1 fully saturated rings. The predicted octanol–water partition coefficient (Wildman–Crippen LogP) is 5.31. The van der Waals surface area contributed by atoms with Crippen LogP contribution >= 0.6 is 11.3 Å². The average Bonchev–Trinajstić information content (AvgIpc) is 3.51. The number of hydrogen-bond acceptors (Lipinski definition) is 7. The molecule has 1 saturated carbocycles. The molecule has 34 heavy (non-hydrogen) atoms. The van der Waals surface area contributed by atoms with Crippen molar-refractivity contribution in [3.05, 3.63) is 53.5 Å². The lowest BCUT2D eigenvalue weighted by Crippen LogP contribution is -2.47. The number of esters is 1. The van der Waals surface area contributed by atoms with Gasteiger partial charge in [-0.15, -0.1) is 11.3 Å². The lowest BCUT2D eigenvalue weighted by atomic mass is 9.94. The van der Waals surface area contributed by atoms with Gasteiger partial charge in [-0.2, -0.15) is 0 Å². The van der Waals surface area contributed by atoms with Crippen molar-refractivity contribution in [2.75, 3.05) is 4.90 Å². The Kier molecular flexibility index (Phi) is 7.66. The van der Waals surface area contributed by atoms with Gasteiger partial charge in [-0.3, -0.25) is 14.5 Å². The molecular weight excluding hydrogens is 464 g/mol. The molecule has 1 aliphatic carbocycles. The molecule has 0 bridgehead atoms. The van der Waals surface area contributed by atoms with Crippen LogP contribution in [0.1, 0.15) is 51.3 Å². The monoisotopic (exact) mass is 489 g/mol. The summed E-state index contributed by atoms with van der Waals surface area (Å²) < 4.78 is 37.9. The summed E-state index contributed by atoms with van der Waals surface area (Å²) in [6.07, 6.45) is 7.10. The zero-order valence-corrected chi connectivity index (χ0v) is 19.5. The fourth-order valence-electron chi connectivity index (χ4n) is 4.06. The average molecular weight is 490 g/mol. The smallest absolute Gasteiger partial charge is 0.307 e. The first-order valence-corrected chi connectivity index (χ1v) is 12.1. The number of ether oxygens (including phenoxy) is 1. The first-order valence-electron chi connectivity index (χ1n) is 11.2. The van der Waals surface area contributed by atoms with Crippen LogP contribution in [0.4, 0.5) is 13.9 Å². The maximum Gasteiger partial charge on any atom is 0.307 e. The van der Waals surface area contributed by atoms with Crippen LogP contribution in [0.25, 0.3) is 11.3 Å². The predicted molar refractivity (Wildman–Crippen MR) is 122 cm³/mol. The number of benzene rings is 1. The molecule has 0 saturated heterocycles. The minimum Gasteiger partial charge on any atom is -0.453 e. The molecule has 1 amide bonds. The normalized spacial score (nSPS) is 15.1. The Morgan fingerprint density at radius 3 is 2.74 bits per heavy atom. The van der Waals surface area contributed by atoms with E-state index in [1.165, 1.54) is 23.6 Å². The molecule has 4 rings (SSSR count). The first-order chi connectivity index (χ1) is 16.4. The molecule has 10 heteroatoms. The van der Waals surface area contributed by atoms with Crippen molar-refractivity contribution < 1.29 is 27.5 Å². The van der Waals surface area contributed by atoms with Crippen LogP contribution < -0.4 is 4.90 Å². The van der Waals surface area contributed by atoms with Gasteiger partial charge >= 0.3 is 5.97 Å². The van der Waals surface area contributed by atoms with Gasteiger partial charge in [0.25, 0.3) is 5.91 Å². The second kappa shape index (κ2) is 10.9. The summed E-state index contributed by atoms with van der Waals surface area (Å²) in [5, 5.41) is 2.43. The van der Waals surface area contributed by atoms with Crippen molar-refractivity contribution in [2.45, 2.75) is 64.0 Å². The molecule has 0 radical (unpaired) electrons. The Morgan fingerprint density at radius 2 is 2.03 bits per heavy atom. The van der Waals surface area contributed by atoms with Crippen LogP contribution in [0.3, 0.4) is 0 Å². The highest BCUT2D eigenvalue weighted by Gasteiger charge is 2.33. The van der Waals surface area contributed by atoms with Gasteiger partial charge in [-0.05, 0) is 31.9 Å². The van der Waals surface area contributed by atoms with Gasteiger partial charge in [-0.25, -0.2) is 18.7 Å². The highest BCUT2D eigenvalue weighted by atomic mass is 32.1. The number of anilines is 1. The quantitative estimate of drug-likeness (QED) is 0.399. The number of amides is 1. The van der Waals surface area contributed by atoms with Gasteiger partial charge in [0, 0.05) is 30.1 Å². The zero-order valence-electron chi connectivity index (χ0n) is 18.7. The Bertz CT molecular complexity index is 1130. The first kappa shape index (κ1) is 24.0. The largest absolute Gasteiger partial charge is 0.453 e. The summed E-state index contributed by atoms with van der Waals surface area (Å²) in [5.41, 5.74) is 0.0759. The van der Waals surface area contributed by atoms with Gasteiger partial charge in [-0.1, -0.05) is 19.3 Å². The van der Waals surface area contributed by atoms with Gasteiger partial charge in [0.2, 0.25) is 0 Å². The lowest BCUT2D eigenvalue weighted by Gasteiger charge is -2.33. The summed E-state index contributed by atoms with van der Waals surface area (Å²) in [6, 6.07) is 3.19. The topological polar surface area (TPSA) is 85.5 Å². The third-order valence-electron chi connectivity index (χ3n) is 5.75. The maximum atomic E-state index is 13.9. The highest BCUT2D eigenvalue weighted by Crippen LogP contribution is 2.30. The van der Waals surface area contributed by atoms with Crippen LogP contribution in [0, 0.1) is 11.6 Å². The molecule has 180 valence electrons. The number of aryl methyl sites for hydroxylation is 1. The number of hydrogen-bond donors (Lipinski definition) is 0. The molecule has 0 spiro atoms. The minimum atomic E-state index is -0.966. The van der Waals surface area contributed by atoms with Gasteiger partial charge < -0.3 is 9.15 Å². The Morgan fingerprint density at radius 1 is 1.24 bits per heavy atom. The van der Waals surface area contributed by atoms with E-state index in [-0.39, 0.29) is 42.0 Å². The van der Waals surface area contributed by atoms with Crippen molar-refractivity contribution in [1.82, 2.24) is 9.97 Å². The fraction of sp³-hybridized carbons (Fsp3) is 0.417. The highest BCUT2D eigenvalue weighted by molar-refractivity contribution is 7.13. The number of carbonyl (C=O) groups excluding carboxylic acids is 2. The Labute approximate surface area is 199 Å². The van der Waals surface area contributed by atoms with E-state index in [1.54, 1.807) is 18.0 Å². The third kappa shape index (κ3) is 5.67. The van der Waals surface area contributed by atoms with Crippen LogP contribution in [0.2, 0.25) is 0 Å². The summed E-state index contributed by atoms with van der Waals surface area (Å²) in [6.45, 7) is 1.56. The van der Waals surface area contributed by atoms with Crippen molar-refractivity contribution in [1.29, 1.82) is 0 Å². The van der Waals surface area contributed by atoms with E-state index in [4.69, 9.17) is 9.15 Å². The van der Waals surface area contributed by atoms with Crippen molar-refractivity contribution in [3.8, 4) is 11.3 Å². The van der Waals surface area contributed by atoms with E-state index in [9.17, 15) is 18.4 Å². The number of carbonyl (C=O) groups is 2. The zero-order chi connectivity index (χ0) is 24.1. The molecule has 0 aliphatic heterocycles. The summed E-state index contributed by atoms with van der Waals surface area (Å²) >= 11 is 1.38. The van der Waals surface area contributed by atoms with Crippen molar-refractivity contribution in [3.63, 3.8) is 0 Å². The van der Waals surface area contributed by atoms with E-state index in [1.807, 2.05) is 5.38 Å². The molecule has 3 aromatic rings. The number of rotatable bonds is 8. The van der Waals surface area contributed by atoms with Crippen LogP contribution in [-0.4, -0.2) is 34.0 Å². The minimum absolute atomic E-state index is 0.0474. The van der Waals surface area contributed by atoms with Crippen LogP contribution in [-0.2, 0) is 20.7 Å². The molecule has 2 heterocycles. The Hall–Kier alpha value is -3.14. The Balaban J connectivity index is 1.34. The molecule has 0 N–H and O–H groups in total. The summed E-state index contributed by atoms with van der Waals surface area (Å²) in [5.74, 6) is -1.98. The van der Waals surface area contributed by atoms with Gasteiger partial charge in [0.05, 0.1) is 18.2 Å². The molecule has 1 aromatic carbocycles. The second-order valence-corrected chi connectivity index (χ2v) is 9.06. The van der Waals surface area contributed by atoms with E-state index in [0.717, 1.165) is 44.2 Å². The molecular formula is C24H25F2N3O4S. The van der Waals surface area contributed by atoms with Crippen LogP contribution in [0.5, 0.6) is 0 Å². The summed E-state index contributed by atoms with van der Waals surface area (Å²) in [7, 11) is 0. The molecule has 1 unspecified atom stereocenters. The van der Waals surface area contributed by atoms with Gasteiger partial charge in [0.15, 0.2) is 22.9 Å².